The van der Waals surface area contributed by atoms with Crippen LogP contribution in [0.2, 0.25) is 0 Å². The first-order valence-corrected chi connectivity index (χ1v) is 9.74. The number of halogens is 1. The molecule has 3 N–H and O–H groups in total. The van der Waals surface area contributed by atoms with Gasteiger partial charge in [0.15, 0.2) is 0 Å². The number of nitrogens with zero attached hydrogens (tertiary/aromatic N) is 1. The number of amides is 6. The predicted octanol–water partition coefficient (Wildman–Crippen LogP) is 2.39. The van der Waals surface area contributed by atoms with Crippen molar-refractivity contribution in [2.24, 2.45) is 0 Å². The fourth-order valence-corrected chi connectivity index (χ4v) is 3.13. The number of hydrogen-bond acceptors (Lipinski definition) is 4. The van der Waals surface area contributed by atoms with Gasteiger partial charge in [0.05, 0.1) is 0 Å². The van der Waals surface area contributed by atoms with E-state index in [0.717, 1.165) is 11.3 Å². The lowest BCUT2D eigenvalue weighted by atomic mass is 9.85. The van der Waals surface area contributed by atoms with Crippen molar-refractivity contribution in [3.8, 4) is 0 Å². The Balaban J connectivity index is 2.17. The molecule has 8 nitrogen and oxygen atoms in total. The standard InChI is InChI=1S/C20H27FN4O4/c1-4-6-11-20(14-7-9-15(21)10-8-14)17(27)25(19(29)24-20)12-16(26)23-18(28)22-13(3)5-2/h7-10,13H,4-6,11-12H2,1-3H3,(H,24,29)(H2,22,23,26,28)/t13-,20+/m0/s1. The quantitative estimate of drug-likeness (QED) is 0.576. The number of carbonyl (C=O) groups is 4. The Kier molecular flexibility index (Phi) is 7.30. The highest BCUT2D eigenvalue weighted by Gasteiger charge is 2.52. The molecule has 0 aliphatic carbocycles. The van der Waals surface area contributed by atoms with Crippen molar-refractivity contribution in [2.75, 3.05) is 6.54 Å². The molecular weight excluding hydrogens is 379 g/mol. The van der Waals surface area contributed by atoms with E-state index in [1.165, 1.54) is 24.3 Å². The third kappa shape index (κ3) is 5.10. The SMILES string of the molecule is CCCC[C@]1(c2ccc(F)cc2)NC(=O)N(CC(=O)NC(=O)N[C@@H](C)CC)C1=O. The van der Waals surface area contributed by atoms with Gasteiger partial charge >= 0.3 is 12.1 Å². The molecular formula is C20H27FN4O4. The van der Waals surface area contributed by atoms with Gasteiger partial charge in [0.25, 0.3) is 5.91 Å². The van der Waals surface area contributed by atoms with Gasteiger partial charge in [-0.25, -0.2) is 14.0 Å². The molecule has 158 valence electrons. The number of unbranched alkanes of at least 4 members (excludes halogenated alkanes) is 1. The second kappa shape index (κ2) is 9.49. The fourth-order valence-electron chi connectivity index (χ4n) is 3.13. The van der Waals surface area contributed by atoms with Gasteiger partial charge in [-0.05, 0) is 37.5 Å². The molecule has 1 aliphatic rings. The maximum atomic E-state index is 13.3. The topological polar surface area (TPSA) is 108 Å². The second-order valence-corrected chi connectivity index (χ2v) is 7.17. The Bertz CT molecular complexity index is 783. The molecule has 1 fully saturated rings. The summed E-state index contributed by atoms with van der Waals surface area (Å²) < 4.78 is 13.3. The Labute approximate surface area is 169 Å². The van der Waals surface area contributed by atoms with E-state index in [9.17, 15) is 23.6 Å². The van der Waals surface area contributed by atoms with E-state index < -0.39 is 41.8 Å². The first-order chi connectivity index (χ1) is 13.7. The van der Waals surface area contributed by atoms with Gasteiger partial charge in [0.1, 0.15) is 17.9 Å². The van der Waals surface area contributed by atoms with Gasteiger partial charge in [-0.2, -0.15) is 0 Å². The first kappa shape index (κ1) is 22.3. The molecule has 1 heterocycles. The summed E-state index contributed by atoms with van der Waals surface area (Å²) >= 11 is 0. The van der Waals surface area contributed by atoms with E-state index in [1.54, 1.807) is 6.92 Å². The van der Waals surface area contributed by atoms with Crippen LogP contribution in [-0.2, 0) is 15.1 Å². The lowest BCUT2D eigenvalue weighted by Gasteiger charge is -2.27. The number of urea groups is 2. The molecule has 1 aliphatic heterocycles. The van der Waals surface area contributed by atoms with Crippen LogP contribution in [0.3, 0.4) is 0 Å². The van der Waals surface area contributed by atoms with Gasteiger partial charge in [-0.15, -0.1) is 0 Å². The highest BCUT2D eigenvalue weighted by molar-refractivity contribution is 6.10. The van der Waals surface area contributed by atoms with Crippen LogP contribution in [0.5, 0.6) is 0 Å². The van der Waals surface area contributed by atoms with Crippen LogP contribution in [0.15, 0.2) is 24.3 Å². The van der Waals surface area contributed by atoms with Crippen LogP contribution in [-0.4, -0.2) is 41.4 Å². The van der Waals surface area contributed by atoms with Gasteiger partial charge in [-0.1, -0.05) is 38.8 Å². The van der Waals surface area contributed by atoms with E-state index in [4.69, 9.17) is 0 Å². The van der Waals surface area contributed by atoms with Crippen molar-refractivity contribution in [1.82, 2.24) is 20.9 Å². The van der Waals surface area contributed by atoms with Crippen LogP contribution in [0, 0.1) is 5.82 Å². The molecule has 6 amide bonds. The van der Waals surface area contributed by atoms with Crippen molar-refractivity contribution in [3.05, 3.63) is 35.6 Å². The number of benzene rings is 1. The van der Waals surface area contributed by atoms with Gasteiger partial charge in [0.2, 0.25) is 5.91 Å². The normalized spacial score (nSPS) is 19.7. The van der Waals surface area contributed by atoms with E-state index in [0.29, 0.717) is 24.8 Å². The van der Waals surface area contributed by atoms with Crippen molar-refractivity contribution in [2.45, 2.75) is 58.0 Å². The Morgan fingerprint density at radius 2 is 1.86 bits per heavy atom. The number of rotatable bonds is 8. The van der Waals surface area contributed by atoms with Crippen LogP contribution in [0.4, 0.5) is 14.0 Å². The van der Waals surface area contributed by atoms with E-state index in [-0.39, 0.29) is 6.04 Å². The van der Waals surface area contributed by atoms with Gasteiger partial charge in [-0.3, -0.25) is 19.8 Å². The zero-order chi connectivity index (χ0) is 21.6. The Morgan fingerprint density at radius 3 is 2.45 bits per heavy atom. The summed E-state index contributed by atoms with van der Waals surface area (Å²) in [5.41, 5.74) is -0.914. The first-order valence-electron chi connectivity index (χ1n) is 9.74. The van der Waals surface area contributed by atoms with Crippen LogP contribution < -0.4 is 16.0 Å². The zero-order valence-electron chi connectivity index (χ0n) is 16.9. The highest BCUT2D eigenvalue weighted by Crippen LogP contribution is 2.34. The van der Waals surface area contributed by atoms with Crippen LogP contribution >= 0.6 is 0 Å². The molecule has 0 radical (unpaired) electrons. The summed E-state index contributed by atoms with van der Waals surface area (Å²) in [6.07, 6.45) is 2.42. The third-order valence-electron chi connectivity index (χ3n) is 4.96. The lowest BCUT2D eigenvalue weighted by Crippen LogP contribution is -2.48. The Hall–Kier alpha value is -2.97. The molecule has 2 atom stereocenters. The summed E-state index contributed by atoms with van der Waals surface area (Å²) in [4.78, 5) is 50.4. The molecule has 2 rings (SSSR count). The van der Waals surface area contributed by atoms with Crippen molar-refractivity contribution in [1.29, 1.82) is 0 Å². The molecule has 1 aromatic carbocycles. The van der Waals surface area contributed by atoms with Gasteiger partial charge in [0, 0.05) is 6.04 Å². The number of carbonyl (C=O) groups excluding carboxylic acids is 4. The van der Waals surface area contributed by atoms with Crippen molar-refractivity contribution >= 4 is 23.9 Å². The summed E-state index contributed by atoms with van der Waals surface area (Å²) in [7, 11) is 0. The smallest absolute Gasteiger partial charge is 0.325 e. The summed E-state index contributed by atoms with van der Waals surface area (Å²) in [6.45, 7) is 5.02. The zero-order valence-corrected chi connectivity index (χ0v) is 16.9. The number of imide groups is 2. The molecule has 0 unspecified atom stereocenters. The minimum atomic E-state index is -1.36. The van der Waals surface area contributed by atoms with Crippen LogP contribution in [0.1, 0.15) is 52.0 Å². The van der Waals surface area contributed by atoms with E-state index in [2.05, 4.69) is 16.0 Å². The average molecular weight is 406 g/mol. The maximum absolute atomic E-state index is 13.3. The maximum Gasteiger partial charge on any atom is 0.325 e. The van der Waals surface area contributed by atoms with E-state index in [1.807, 2.05) is 13.8 Å². The van der Waals surface area contributed by atoms with Gasteiger partial charge < -0.3 is 10.6 Å². The average Bonchev–Trinajstić information content (AvgIpc) is 2.91. The van der Waals surface area contributed by atoms with Crippen molar-refractivity contribution in [3.63, 3.8) is 0 Å². The molecule has 0 spiro atoms. The summed E-state index contributed by atoms with van der Waals surface area (Å²) in [6, 6.07) is 3.80. The fraction of sp³-hybridized carbons (Fsp3) is 0.500. The molecule has 9 heteroatoms. The summed E-state index contributed by atoms with van der Waals surface area (Å²) in [5, 5.41) is 7.36. The largest absolute Gasteiger partial charge is 0.335 e. The Morgan fingerprint density at radius 1 is 1.21 bits per heavy atom. The molecule has 1 aromatic rings. The highest BCUT2D eigenvalue weighted by atomic mass is 19.1. The molecule has 29 heavy (non-hydrogen) atoms. The summed E-state index contributed by atoms with van der Waals surface area (Å²) in [5.74, 6) is -1.83. The van der Waals surface area contributed by atoms with Crippen LogP contribution in [0.25, 0.3) is 0 Å². The molecule has 1 saturated heterocycles. The molecule has 0 bridgehead atoms. The predicted molar refractivity (Wildman–Crippen MR) is 104 cm³/mol. The van der Waals surface area contributed by atoms with E-state index >= 15 is 0 Å². The minimum Gasteiger partial charge on any atom is -0.335 e. The van der Waals surface area contributed by atoms with Crippen molar-refractivity contribution < 1.29 is 23.6 Å². The monoisotopic (exact) mass is 406 g/mol. The third-order valence-corrected chi connectivity index (χ3v) is 4.96. The second-order valence-electron chi connectivity index (χ2n) is 7.17. The number of hydrogen-bond donors (Lipinski definition) is 3. The number of nitrogens with one attached hydrogen (secondary N) is 3. The lowest BCUT2D eigenvalue weighted by molar-refractivity contribution is -0.135. The minimum absolute atomic E-state index is 0.125. The molecule has 0 aromatic heterocycles. The molecule has 0 saturated carbocycles.